The van der Waals surface area contributed by atoms with Crippen molar-refractivity contribution in [3.63, 3.8) is 0 Å². The number of halogens is 2. The van der Waals surface area contributed by atoms with Crippen LogP contribution in [-0.4, -0.2) is 70.9 Å². The Kier molecular flexibility index (Phi) is 11.8. The molecule has 2 N–H and O–H groups in total. The first-order valence-electron chi connectivity index (χ1n) is 17.1. The molecule has 2 fully saturated rings. The molecule has 0 unspecified atom stereocenters. The van der Waals surface area contributed by atoms with Crippen LogP contribution in [0.3, 0.4) is 0 Å². The lowest BCUT2D eigenvalue weighted by Crippen LogP contribution is -2.38. The molecule has 4 aromatic rings. The van der Waals surface area contributed by atoms with Crippen LogP contribution in [0.2, 0.25) is 5.02 Å². The van der Waals surface area contributed by atoms with Crippen LogP contribution in [0, 0.1) is 11.7 Å². The molecular formula is C38H42ClFN6O4. The number of carbonyl (C=O) groups excluding carboxylic acids is 2. The molecule has 0 aliphatic carbocycles. The first kappa shape index (κ1) is 35.1. The summed E-state index contributed by atoms with van der Waals surface area (Å²) in [5.74, 6) is 1.17. The third-order valence-corrected chi connectivity index (χ3v) is 9.47. The van der Waals surface area contributed by atoms with Gasteiger partial charge >= 0.3 is 0 Å². The van der Waals surface area contributed by atoms with Crippen molar-refractivity contribution in [3.8, 4) is 11.5 Å². The molecule has 0 bridgehead atoms. The molecule has 1 aromatic heterocycles. The second-order valence-corrected chi connectivity index (χ2v) is 13.2. The van der Waals surface area contributed by atoms with Crippen molar-refractivity contribution in [3.05, 3.63) is 90.0 Å². The summed E-state index contributed by atoms with van der Waals surface area (Å²) >= 11 is 6.57. The number of aromatic nitrogens is 2. The lowest BCUT2D eigenvalue weighted by atomic mass is 9.93. The number of ether oxygens (including phenoxy) is 2. The standard InChI is InChI=1S/C38H42ClFN6O4/c1-2-37(48)46-15-11-26(12-16-46)20-36(47)44-33-22-30-32(23-35(33)49-18-17-45-13-4-3-5-14-45)41-25-42-38(30)43-29-9-10-34(31(39)21-29)50-24-27-7-6-8-28(40)19-27/h2,6-10,19,21-23,25-26H,1,3-5,11-18,20,24H2,(H,44,47)(H,41,42,43). The van der Waals surface area contributed by atoms with E-state index < -0.39 is 0 Å². The zero-order valence-corrected chi connectivity index (χ0v) is 28.8. The van der Waals surface area contributed by atoms with Crippen LogP contribution in [0.15, 0.2) is 73.6 Å². The summed E-state index contributed by atoms with van der Waals surface area (Å²) in [7, 11) is 0. The first-order valence-corrected chi connectivity index (χ1v) is 17.5. The number of hydrogen-bond donors (Lipinski definition) is 2. The molecule has 0 saturated carbocycles. The monoisotopic (exact) mass is 700 g/mol. The summed E-state index contributed by atoms with van der Waals surface area (Å²) in [6.07, 6.45) is 8.30. The molecule has 2 aliphatic rings. The molecule has 0 spiro atoms. The van der Waals surface area contributed by atoms with E-state index in [4.69, 9.17) is 21.1 Å². The zero-order valence-electron chi connectivity index (χ0n) is 28.0. The Bertz CT molecular complexity index is 1830. The normalized spacial score (nSPS) is 15.4. The van der Waals surface area contributed by atoms with E-state index in [1.165, 1.54) is 43.8 Å². The number of nitrogens with zero attached hydrogens (tertiary/aromatic N) is 4. The lowest BCUT2D eigenvalue weighted by Gasteiger charge is -2.31. The minimum absolute atomic E-state index is 0.0746. The minimum Gasteiger partial charge on any atom is -0.490 e. The maximum atomic E-state index is 13.6. The fourth-order valence-electron chi connectivity index (χ4n) is 6.44. The summed E-state index contributed by atoms with van der Waals surface area (Å²) < 4.78 is 25.7. The molecule has 3 aromatic carbocycles. The number of hydrogen-bond acceptors (Lipinski definition) is 8. The van der Waals surface area contributed by atoms with Crippen LogP contribution < -0.4 is 20.1 Å². The van der Waals surface area contributed by atoms with Crippen molar-refractivity contribution >= 4 is 51.5 Å². The second kappa shape index (κ2) is 16.8. The Balaban J connectivity index is 1.18. The van der Waals surface area contributed by atoms with Gasteiger partial charge in [-0.25, -0.2) is 14.4 Å². The van der Waals surface area contributed by atoms with Crippen molar-refractivity contribution < 1.29 is 23.5 Å². The van der Waals surface area contributed by atoms with Crippen molar-refractivity contribution in [1.82, 2.24) is 19.8 Å². The minimum atomic E-state index is -0.327. The van der Waals surface area contributed by atoms with Gasteiger partial charge in [-0.05, 0) is 92.7 Å². The second-order valence-electron chi connectivity index (χ2n) is 12.8. The molecule has 2 aliphatic heterocycles. The van der Waals surface area contributed by atoms with Gasteiger partial charge in [0.05, 0.1) is 16.2 Å². The van der Waals surface area contributed by atoms with Crippen LogP contribution in [0.5, 0.6) is 11.5 Å². The fourth-order valence-corrected chi connectivity index (χ4v) is 6.67. The summed E-state index contributed by atoms with van der Waals surface area (Å²) in [5, 5.41) is 7.49. The van der Waals surface area contributed by atoms with Crippen LogP contribution >= 0.6 is 11.6 Å². The Morgan fingerprint density at radius 3 is 2.56 bits per heavy atom. The number of amides is 2. The van der Waals surface area contributed by atoms with Crippen molar-refractivity contribution in [2.75, 3.05) is 50.0 Å². The largest absolute Gasteiger partial charge is 0.490 e. The summed E-state index contributed by atoms with van der Waals surface area (Å²) in [6, 6.07) is 15.2. The number of anilines is 3. The lowest BCUT2D eigenvalue weighted by molar-refractivity contribution is -0.127. The third-order valence-electron chi connectivity index (χ3n) is 9.18. The van der Waals surface area contributed by atoms with Gasteiger partial charge in [-0.1, -0.05) is 36.7 Å². The topological polar surface area (TPSA) is 109 Å². The fraction of sp³-hybridized carbons (Fsp3) is 0.368. The zero-order chi connectivity index (χ0) is 34.9. The SMILES string of the molecule is C=CC(=O)N1CCC(CC(=O)Nc2cc3c(Nc4ccc(OCc5cccc(F)c5)c(Cl)c4)ncnc3cc2OCCN2CCCCC2)CC1. The average Bonchev–Trinajstić information content (AvgIpc) is 3.12. The van der Waals surface area contributed by atoms with Crippen LogP contribution in [-0.2, 0) is 16.2 Å². The summed E-state index contributed by atoms with van der Waals surface area (Å²) in [5.41, 5.74) is 2.55. The van der Waals surface area contributed by atoms with E-state index in [2.05, 4.69) is 32.1 Å². The molecule has 2 saturated heterocycles. The highest BCUT2D eigenvalue weighted by molar-refractivity contribution is 6.32. The van der Waals surface area contributed by atoms with Gasteiger partial charge in [0.2, 0.25) is 11.8 Å². The van der Waals surface area contributed by atoms with Gasteiger partial charge in [0, 0.05) is 43.2 Å². The highest BCUT2D eigenvalue weighted by Crippen LogP contribution is 2.35. The Morgan fingerprint density at radius 1 is 0.980 bits per heavy atom. The third kappa shape index (κ3) is 9.28. The Morgan fingerprint density at radius 2 is 1.80 bits per heavy atom. The molecule has 3 heterocycles. The molecule has 0 radical (unpaired) electrons. The van der Waals surface area contributed by atoms with Crippen molar-refractivity contribution in [1.29, 1.82) is 0 Å². The number of likely N-dealkylation sites (tertiary alicyclic amines) is 2. The molecule has 6 rings (SSSR count). The average molecular weight is 701 g/mol. The van der Waals surface area contributed by atoms with E-state index in [1.54, 1.807) is 29.2 Å². The van der Waals surface area contributed by atoms with Gasteiger partial charge in [-0.2, -0.15) is 0 Å². The molecule has 262 valence electrons. The van der Waals surface area contributed by atoms with E-state index in [0.717, 1.165) is 32.5 Å². The Hall–Kier alpha value is -4.74. The van der Waals surface area contributed by atoms with Crippen LogP contribution in [0.25, 0.3) is 10.9 Å². The van der Waals surface area contributed by atoms with E-state index in [0.29, 0.717) is 76.3 Å². The molecule has 0 atom stereocenters. The van der Waals surface area contributed by atoms with Gasteiger partial charge in [0.15, 0.2) is 0 Å². The van der Waals surface area contributed by atoms with Crippen LogP contribution in [0.4, 0.5) is 21.6 Å². The Labute approximate surface area is 296 Å². The van der Waals surface area contributed by atoms with Crippen molar-refractivity contribution in [2.45, 2.75) is 45.1 Å². The molecule has 2 amide bonds. The van der Waals surface area contributed by atoms with Gasteiger partial charge in [0.1, 0.15) is 42.7 Å². The van der Waals surface area contributed by atoms with Gasteiger partial charge in [-0.15, -0.1) is 0 Å². The number of carbonyl (C=O) groups is 2. The predicted molar refractivity (Wildman–Crippen MR) is 194 cm³/mol. The maximum Gasteiger partial charge on any atom is 0.245 e. The maximum absolute atomic E-state index is 13.6. The van der Waals surface area contributed by atoms with E-state index in [9.17, 15) is 14.0 Å². The molecule has 10 nitrogen and oxygen atoms in total. The predicted octanol–water partition coefficient (Wildman–Crippen LogP) is 7.36. The molecular weight excluding hydrogens is 659 g/mol. The summed E-state index contributed by atoms with van der Waals surface area (Å²) in [6.45, 7) is 8.38. The number of benzene rings is 3. The smallest absolute Gasteiger partial charge is 0.245 e. The van der Waals surface area contributed by atoms with Crippen LogP contribution in [0.1, 0.15) is 44.1 Å². The number of nitrogens with one attached hydrogen (secondary N) is 2. The number of rotatable bonds is 13. The van der Waals surface area contributed by atoms with E-state index >= 15 is 0 Å². The molecule has 12 heteroatoms. The van der Waals surface area contributed by atoms with E-state index in [1.807, 2.05) is 18.2 Å². The summed E-state index contributed by atoms with van der Waals surface area (Å²) in [4.78, 5) is 38.6. The van der Waals surface area contributed by atoms with Gasteiger partial charge in [-0.3, -0.25) is 14.5 Å². The highest BCUT2D eigenvalue weighted by atomic mass is 35.5. The van der Waals surface area contributed by atoms with E-state index in [-0.39, 0.29) is 30.2 Å². The van der Waals surface area contributed by atoms with Crippen molar-refractivity contribution in [2.24, 2.45) is 5.92 Å². The van der Waals surface area contributed by atoms with Gasteiger partial charge < -0.3 is 25.0 Å². The number of piperidine rings is 2. The quantitative estimate of drug-likeness (QED) is 0.139. The van der Waals surface area contributed by atoms with Gasteiger partial charge in [0.25, 0.3) is 0 Å². The number of fused-ring (bicyclic) bond motifs is 1. The first-order chi connectivity index (χ1) is 24.3. The highest BCUT2D eigenvalue weighted by Gasteiger charge is 2.24. The molecule has 50 heavy (non-hydrogen) atoms.